The second kappa shape index (κ2) is 10.5. The maximum absolute atomic E-state index is 13.7. The monoisotopic (exact) mass is 534 g/mol. The van der Waals surface area contributed by atoms with Crippen LogP contribution in [0, 0.1) is 28.1 Å². The van der Waals surface area contributed by atoms with Crippen LogP contribution in [0.2, 0.25) is 0 Å². The van der Waals surface area contributed by atoms with Gasteiger partial charge in [0.15, 0.2) is 0 Å². The first-order chi connectivity index (χ1) is 17.3. The van der Waals surface area contributed by atoms with Crippen molar-refractivity contribution >= 4 is 29.7 Å². The molecule has 0 radical (unpaired) electrons. The number of likely N-dealkylation sites (tertiary alicyclic amines) is 2. The van der Waals surface area contributed by atoms with E-state index in [2.05, 4.69) is 10.6 Å². The van der Waals surface area contributed by atoms with Crippen molar-refractivity contribution in [3.8, 4) is 0 Å². The lowest BCUT2D eigenvalue weighted by molar-refractivity contribution is -0.153. The molecule has 1 saturated carbocycles. The molecule has 3 aliphatic rings. The van der Waals surface area contributed by atoms with Crippen LogP contribution < -0.4 is 10.6 Å². The average molecular weight is 535 g/mol. The molecule has 2 saturated heterocycles. The van der Waals surface area contributed by atoms with Gasteiger partial charge in [-0.1, -0.05) is 61.8 Å². The summed E-state index contributed by atoms with van der Waals surface area (Å²) < 4.78 is 0. The van der Waals surface area contributed by atoms with E-state index in [1.54, 1.807) is 0 Å². The van der Waals surface area contributed by atoms with Gasteiger partial charge < -0.3 is 20.6 Å². The molecule has 3 N–H and O–H groups in total. The van der Waals surface area contributed by atoms with E-state index in [4.69, 9.17) is 0 Å². The van der Waals surface area contributed by atoms with Gasteiger partial charge >= 0.3 is 12.0 Å². The molecule has 1 aliphatic carbocycles. The minimum atomic E-state index is -1.00. The third-order valence-corrected chi connectivity index (χ3v) is 8.39. The molecule has 10 heteroatoms. The van der Waals surface area contributed by atoms with Crippen molar-refractivity contribution in [1.29, 1.82) is 0 Å². The lowest BCUT2D eigenvalue weighted by Crippen LogP contribution is -2.62. The summed E-state index contributed by atoms with van der Waals surface area (Å²) >= 11 is 0. The molecule has 2 heterocycles. The smallest absolute Gasteiger partial charge is 0.326 e. The molecule has 214 valence electrons. The summed E-state index contributed by atoms with van der Waals surface area (Å²) in [5.74, 6) is -1.80. The van der Waals surface area contributed by atoms with Crippen LogP contribution in [0.15, 0.2) is 0 Å². The van der Waals surface area contributed by atoms with Crippen molar-refractivity contribution in [2.24, 2.45) is 28.1 Å². The Morgan fingerprint density at radius 3 is 2.05 bits per heavy atom. The fraction of sp³-hybridized carbons (Fsp3) is 0.821. The number of urea groups is 1. The molecule has 3 rings (SSSR count). The number of imide groups is 1. The minimum Gasteiger partial charge on any atom is -0.480 e. The van der Waals surface area contributed by atoms with Crippen LogP contribution >= 0.6 is 0 Å². The molecule has 0 spiro atoms. The quantitative estimate of drug-likeness (QED) is 0.448. The first-order valence-corrected chi connectivity index (χ1v) is 13.8. The molecule has 3 fully saturated rings. The Hall–Kier alpha value is -2.65. The summed E-state index contributed by atoms with van der Waals surface area (Å²) in [4.78, 5) is 67.4. The maximum atomic E-state index is 13.7. The van der Waals surface area contributed by atoms with Crippen molar-refractivity contribution in [1.82, 2.24) is 20.4 Å². The van der Waals surface area contributed by atoms with E-state index in [-0.39, 0.29) is 43.0 Å². The number of rotatable bonds is 6. The molecule has 0 aromatic rings. The summed E-state index contributed by atoms with van der Waals surface area (Å²) in [7, 11) is 0. The van der Waals surface area contributed by atoms with E-state index in [0.717, 1.165) is 19.3 Å². The zero-order valence-electron chi connectivity index (χ0n) is 24.2. The highest BCUT2D eigenvalue weighted by molar-refractivity contribution is 5.98. The highest BCUT2D eigenvalue weighted by atomic mass is 16.4. The summed E-state index contributed by atoms with van der Waals surface area (Å²) in [6.07, 6.45) is 3.18. The predicted molar refractivity (Wildman–Crippen MR) is 142 cm³/mol. The van der Waals surface area contributed by atoms with Gasteiger partial charge in [0.05, 0.1) is 6.04 Å². The van der Waals surface area contributed by atoms with Gasteiger partial charge in [0.2, 0.25) is 17.7 Å². The van der Waals surface area contributed by atoms with Crippen molar-refractivity contribution in [3.63, 3.8) is 0 Å². The average Bonchev–Trinajstić information content (AvgIpc) is 3.31. The van der Waals surface area contributed by atoms with Gasteiger partial charge in [-0.25, -0.2) is 9.59 Å². The number of hydrogen-bond acceptors (Lipinski definition) is 5. The minimum absolute atomic E-state index is 0.0371. The molecule has 0 aromatic carbocycles. The summed E-state index contributed by atoms with van der Waals surface area (Å²) in [5.41, 5.74) is -1.57. The Kier molecular flexibility index (Phi) is 8.25. The van der Waals surface area contributed by atoms with Crippen LogP contribution in [-0.4, -0.2) is 75.8 Å². The van der Waals surface area contributed by atoms with Crippen LogP contribution in [0.3, 0.4) is 0 Å². The van der Waals surface area contributed by atoms with Gasteiger partial charge in [0.1, 0.15) is 12.1 Å². The number of amides is 5. The van der Waals surface area contributed by atoms with Crippen LogP contribution in [0.1, 0.15) is 87.5 Å². The van der Waals surface area contributed by atoms with Gasteiger partial charge in [-0.15, -0.1) is 0 Å². The fourth-order valence-electron chi connectivity index (χ4n) is 6.13. The van der Waals surface area contributed by atoms with Crippen molar-refractivity contribution in [2.45, 2.75) is 106 Å². The predicted octanol–water partition coefficient (Wildman–Crippen LogP) is 3.00. The van der Waals surface area contributed by atoms with E-state index in [9.17, 15) is 29.1 Å². The number of nitrogens with zero attached hydrogens (tertiary/aromatic N) is 2. The van der Waals surface area contributed by atoms with Gasteiger partial charge in [0, 0.05) is 25.9 Å². The Labute approximate surface area is 226 Å². The van der Waals surface area contributed by atoms with Gasteiger partial charge in [-0.2, -0.15) is 0 Å². The first kappa shape index (κ1) is 29.9. The van der Waals surface area contributed by atoms with Crippen molar-refractivity contribution in [2.75, 3.05) is 13.1 Å². The molecule has 0 unspecified atom stereocenters. The number of carbonyl (C=O) groups excluding carboxylic acids is 4. The van der Waals surface area contributed by atoms with Crippen LogP contribution in [0.25, 0.3) is 0 Å². The number of carboxylic acids is 1. The van der Waals surface area contributed by atoms with E-state index in [1.165, 1.54) is 9.80 Å². The molecule has 5 atom stereocenters. The Morgan fingerprint density at radius 1 is 0.974 bits per heavy atom. The van der Waals surface area contributed by atoms with Crippen LogP contribution in [0.4, 0.5) is 4.79 Å². The zero-order chi connectivity index (χ0) is 28.8. The van der Waals surface area contributed by atoms with Crippen molar-refractivity contribution in [3.05, 3.63) is 0 Å². The maximum Gasteiger partial charge on any atom is 0.326 e. The summed E-state index contributed by atoms with van der Waals surface area (Å²) in [6.45, 7) is 15.4. The second-order valence-corrected chi connectivity index (χ2v) is 14.4. The lowest BCUT2D eigenvalue weighted by atomic mass is 9.80. The number of hydrogen-bond donors (Lipinski definition) is 3. The number of carbonyl (C=O) groups is 5. The molecule has 0 bridgehead atoms. The number of piperidine rings is 1. The Morgan fingerprint density at radius 2 is 1.55 bits per heavy atom. The topological polar surface area (TPSA) is 136 Å². The highest BCUT2D eigenvalue weighted by Crippen LogP contribution is 2.43. The summed E-state index contributed by atoms with van der Waals surface area (Å²) in [6, 6.07) is -3.00. The largest absolute Gasteiger partial charge is 0.480 e. The SMILES string of the molecule is CC1(C)CC(=O)N(C[C@@H](NC(=O)N[C@H](C(=O)N2C[C@@H]3CCC[C@@H]3[C@H]2C(=O)O)C(C)(C)C)C(C)(C)C)C(=O)C1. The third kappa shape index (κ3) is 6.49. The molecular weight excluding hydrogens is 488 g/mol. The van der Waals surface area contributed by atoms with E-state index < -0.39 is 52.3 Å². The van der Waals surface area contributed by atoms with Gasteiger partial charge in [0.25, 0.3) is 0 Å². The molecule has 2 aliphatic heterocycles. The molecule has 5 amide bonds. The van der Waals surface area contributed by atoms with Crippen LogP contribution in [-0.2, 0) is 19.2 Å². The van der Waals surface area contributed by atoms with Gasteiger partial charge in [-0.05, 0) is 40.9 Å². The fourth-order valence-corrected chi connectivity index (χ4v) is 6.13. The lowest BCUT2D eigenvalue weighted by Gasteiger charge is -2.40. The standard InChI is InChI=1S/C28H46N4O6/c1-26(2,3)18(15-31-19(33)12-28(7,8)13-20(31)34)29-25(38)30-22(27(4,5)6)23(35)32-14-16-10-9-11-17(16)21(32)24(36)37/h16-18,21-22H,9-15H2,1-8H3,(H,36,37)(H2,29,30,38)/t16-,17-,18+,21-,22+/m0/s1. The summed E-state index contributed by atoms with van der Waals surface area (Å²) in [5, 5.41) is 15.6. The second-order valence-electron chi connectivity index (χ2n) is 14.4. The number of aliphatic carboxylic acids is 1. The highest BCUT2D eigenvalue weighted by Gasteiger charge is 2.52. The van der Waals surface area contributed by atoms with Gasteiger partial charge in [-0.3, -0.25) is 19.3 Å². The number of carboxylic acid groups (broad SMARTS) is 1. The van der Waals surface area contributed by atoms with E-state index in [1.807, 2.05) is 55.4 Å². The van der Waals surface area contributed by atoms with E-state index in [0.29, 0.717) is 6.54 Å². The first-order valence-electron chi connectivity index (χ1n) is 13.8. The molecule has 38 heavy (non-hydrogen) atoms. The molecule has 10 nitrogen and oxygen atoms in total. The third-order valence-electron chi connectivity index (χ3n) is 8.39. The molecular formula is C28H46N4O6. The van der Waals surface area contributed by atoms with Crippen LogP contribution in [0.5, 0.6) is 0 Å². The van der Waals surface area contributed by atoms with Crippen molar-refractivity contribution < 1.29 is 29.1 Å². The molecule has 0 aromatic heterocycles. The Bertz CT molecular complexity index is 959. The van der Waals surface area contributed by atoms with E-state index >= 15 is 0 Å². The number of fused-ring (bicyclic) bond motifs is 1. The zero-order valence-corrected chi connectivity index (χ0v) is 24.2. The number of nitrogens with one attached hydrogen (secondary N) is 2. The normalized spacial score (nSPS) is 27.1. The Balaban J connectivity index is 1.76.